The van der Waals surface area contributed by atoms with E-state index in [1.165, 1.54) is 13.2 Å². The SMILES string of the molecule is COc1ccc(CNc2ccccc2CC(=O)N(C)C)cc1[N+](=O)[O-]. The Morgan fingerprint density at radius 3 is 2.60 bits per heavy atom. The average molecular weight is 343 g/mol. The second-order valence-electron chi connectivity index (χ2n) is 5.74. The highest BCUT2D eigenvalue weighted by atomic mass is 16.6. The molecule has 7 heteroatoms. The van der Waals surface area contributed by atoms with Crippen LogP contribution >= 0.6 is 0 Å². The molecule has 0 fully saturated rings. The molecule has 1 amide bonds. The minimum absolute atomic E-state index is 0.00864. The zero-order chi connectivity index (χ0) is 18.4. The van der Waals surface area contributed by atoms with Crippen LogP contribution in [0.1, 0.15) is 11.1 Å². The molecule has 0 aliphatic heterocycles. The zero-order valence-electron chi connectivity index (χ0n) is 14.5. The number of rotatable bonds is 7. The van der Waals surface area contributed by atoms with Crippen molar-refractivity contribution in [2.75, 3.05) is 26.5 Å². The molecule has 0 aliphatic carbocycles. The molecule has 0 spiro atoms. The molecule has 0 bridgehead atoms. The lowest BCUT2D eigenvalue weighted by atomic mass is 10.1. The third-order valence-corrected chi connectivity index (χ3v) is 3.78. The van der Waals surface area contributed by atoms with Crippen molar-refractivity contribution >= 4 is 17.3 Å². The lowest BCUT2D eigenvalue weighted by Gasteiger charge is -2.14. The number of hydrogen-bond donors (Lipinski definition) is 1. The van der Waals surface area contributed by atoms with Gasteiger partial charge >= 0.3 is 5.69 Å². The molecular formula is C18H21N3O4. The van der Waals surface area contributed by atoms with Crippen molar-refractivity contribution in [3.05, 3.63) is 63.7 Å². The van der Waals surface area contributed by atoms with Gasteiger partial charge in [-0.1, -0.05) is 24.3 Å². The molecule has 0 heterocycles. The fourth-order valence-corrected chi connectivity index (χ4v) is 2.35. The summed E-state index contributed by atoms with van der Waals surface area (Å²) < 4.78 is 5.01. The van der Waals surface area contributed by atoms with E-state index in [0.29, 0.717) is 13.0 Å². The number of nitrogens with one attached hydrogen (secondary N) is 1. The Hall–Kier alpha value is -3.09. The lowest BCUT2D eigenvalue weighted by molar-refractivity contribution is -0.385. The summed E-state index contributed by atoms with van der Waals surface area (Å²) >= 11 is 0. The van der Waals surface area contributed by atoms with E-state index < -0.39 is 4.92 Å². The second kappa shape index (κ2) is 8.14. The van der Waals surface area contributed by atoms with Crippen molar-refractivity contribution in [2.24, 2.45) is 0 Å². The van der Waals surface area contributed by atoms with Crippen LogP contribution in [0, 0.1) is 10.1 Å². The Labute approximate surface area is 146 Å². The maximum Gasteiger partial charge on any atom is 0.311 e. The first-order chi connectivity index (χ1) is 11.9. The number of carbonyl (C=O) groups excluding carboxylic acids is 1. The first-order valence-corrected chi connectivity index (χ1v) is 7.75. The lowest BCUT2D eigenvalue weighted by Crippen LogP contribution is -2.23. The van der Waals surface area contributed by atoms with Crippen molar-refractivity contribution in [1.82, 2.24) is 4.90 Å². The van der Waals surface area contributed by atoms with Crippen LogP contribution in [-0.2, 0) is 17.8 Å². The highest BCUT2D eigenvalue weighted by molar-refractivity contribution is 5.80. The number of benzene rings is 2. The van der Waals surface area contributed by atoms with Gasteiger partial charge < -0.3 is 15.0 Å². The zero-order valence-corrected chi connectivity index (χ0v) is 14.5. The Morgan fingerprint density at radius 2 is 1.96 bits per heavy atom. The van der Waals surface area contributed by atoms with Gasteiger partial charge in [0.1, 0.15) is 0 Å². The molecule has 0 aliphatic rings. The fraction of sp³-hybridized carbons (Fsp3) is 0.278. The van der Waals surface area contributed by atoms with Gasteiger partial charge in [0.15, 0.2) is 5.75 Å². The Kier molecular flexibility index (Phi) is 5.94. The van der Waals surface area contributed by atoms with Gasteiger partial charge in [0.25, 0.3) is 0 Å². The number of likely N-dealkylation sites (N-methyl/N-ethyl adjacent to an activating group) is 1. The number of nitrogens with zero attached hydrogens (tertiary/aromatic N) is 2. The van der Waals surface area contributed by atoms with Gasteiger partial charge in [-0.05, 0) is 23.3 Å². The van der Waals surface area contributed by atoms with Gasteiger partial charge in [-0.2, -0.15) is 0 Å². The fourth-order valence-electron chi connectivity index (χ4n) is 2.35. The maximum atomic E-state index is 11.9. The van der Waals surface area contributed by atoms with Crippen LogP contribution in [0.25, 0.3) is 0 Å². The standard InChI is InChI=1S/C18H21N3O4/c1-20(2)18(22)11-14-6-4-5-7-15(14)19-12-13-8-9-17(25-3)16(10-13)21(23)24/h4-10,19H,11-12H2,1-3H3. The van der Waals surface area contributed by atoms with Gasteiger partial charge in [0.05, 0.1) is 18.5 Å². The number of ether oxygens (including phenoxy) is 1. The van der Waals surface area contributed by atoms with E-state index >= 15 is 0 Å². The van der Waals surface area contributed by atoms with E-state index in [2.05, 4.69) is 5.32 Å². The maximum absolute atomic E-state index is 11.9. The van der Waals surface area contributed by atoms with Crippen molar-refractivity contribution in [2.45, 2.75) is 13.0 Å². The molecule has 0 saturated carbocycles. The van der Waals surface area contributed by atoms with Gasteiger partial charge in [0.2, 0.25) is 5.91 Å². The van der Waals surface area contributed by atoms with Crippen LogP contribution in [-0.4, -0.2) is 36.9 Å². The molecule has 0 aromatic heterocycles. The van der Waals surface area contributed by atoms with E-state index in [9.17, 15) is 14.9 Å². The van der Waals surface area contributed by atoms with Crippen molar-refractivity contribution < 1.29 is 14.5 Å². The number of amides is 1. The Morgan fingerprint density at radius 1 is 1.24 bits per heavy atom. The summed E-state index contributed by atoms with van der Waals surface area (Å²) in [5, 5.41) is 14.4. The van der Waals surface area contributed by atoms with Crippen LogP contribution in [0.15, 0.2) is 42.5 Å². The van der Waals surface area contributed by atoms with Gasteiger partial charge in [-0.25, -0.2) is 0 Å². The van der Waals surface area contributed by atoms with E-state index in [-0.39, 0.29) is 17.3 Å². The summed E-state index contributed by atoms with van der Waals surface area (Å²) in [4.78, 5) is 24.1. The van der Waals surface area contributed by atoms with Crippen LogP contribution in [0.4, 0.5) is 11.4 Å². The minimum Gasteiger partial charge on any atom is -0.490 e. The highest BCUT2D eigenvalue weighted by Crippen LogP contribution is 2.28. The number of nitro groups is 1. The average Bonchev–Trinajstić information content (AvgIpc) is 2.60. The monoisotopic (exact) mass is 343 g/mol. The van der Waals surface area contributed by atoms with Gasteiger partial charge in [-0.3, -0.25) is 14.9 Å². The van der Waals surface area contributed by atoms with Crippen molar-refractivity contribution in [3.63, 3.8) is 0 Å². The van der Waals surface area contributed by atoms with Crippen LogP contribution in [0.5, 0.6) is 5.75 Å². The topological polar surface area (TPSA) is 84.7 Å². The van der Waals surface area contributed by atoms with Crippen molar-refractivity contribution in [1.29, 1.82) is 0 Å². The predicted molar refractivity (Wildman–Crippen MR) is 95.8 cm³/mol. The summed E-state index contributed by atoms with van der Waals surface area (Å²) in [5.41, 5.74) is 2.39. The Bertz CT molecular complexity index is 775. The van der Waals surface area contributed by atoms with Gasteiger partial charge in [0, 0.05) is 32.4 Å². The van der Waals surface area contributed by atoms with E-state index in [4.69, 9.17) is 4.74 Å². The van der Waals surface area contributed by atoms with E-state index in [1.807, 2.05) is 24.3 Å². The quantitative estimate of drug-likeness (QED) is 0.617. The molecule has 132 valence electrons. The molecule has 0 atom stereocenters. The number of carbonyl (C=O) groups is 1. The largest absolute Gasteiger partial charge is 0.490 e. The first kappa shape index (κ1) is 18.3. The van der Waals surface area contributed by atoms with Crippen LogP contribution in [0.3, 0.4) is 0 Å². The molecule has 25 heavy (non-hydrogen) atoms. The summed E-state index contributed by atoms with van der Waals surface area (Å²) in [6.45, 7) is 0.401. The molecule has 7 nitrogen and oxygen atoms in total. The van der Waals surface area contributed by atoms with Gasteiger partial charge in [-0.15, -0.1) is 0 Å². The van der Waals surface area contributed by atoms with Crippen LogP contribution in [0.2, 0.25) is 0 Å². The molecule has 2 aromatic carbocycles. The molecular weight excluding hydrogens is 322 g/mol. The predicted octanol–water partition coefficient (Wildman–Crippen LogP) is 2.85. The second-order valence-corrected chi connectivity index (χ2v) is 5.74. The van der Waals surface area contributed by atoms with Crippen molar-refractivity contribution in [3.8, 4) is 5.75 Å². The minimum atomic E-state index is -0.466. The molecule has 2 aromatic rings. The molecule has 0 unspecified atom stereocenters. The number of anilines is 1. The highest BCUT2D eigenvalue weighted by Gasteiger charge is 2.15. The summed E-state index contributed by atoms with van der Waals surface area (Å²) in [6, 6.07) is 12.4. The summed E-state index contributed by atoms with van der Waals surface area (Å²) in [5.74, 6) is 0.236. The van der Waals surface area contributed by atoms with Crippen LogP contribution < -0.4 is 10.1 Å². The normalized spacial score (nSPS) is 10.2. The third kappa shape index (κ3) is 4.69. The third-order valence-electron chi connectivity index (χ3n) is 3.78. The molecule has 0 saturated heterocycles. The summed E-state index contributed by atoms with van der Waals surface area (Å²) in [6.07, 6.45) is 0.291. The van der Waals surface area contributed by atoms with E-state index in [1.54, 1.807) is 31.1 Å². The number of nitro benzene ring substituents is 1. The smallest absolute Gasteiger partial charge is 0.311 e. The molecule has 0 radical (unpaired) electrons. The number of methoxy groups -OCH3 is 1. The number of hydrogen-bond acceptors (Lipinski definition) is 5. The molecule has 2 rings (SSSR count). The van der Waals surface area contributed by atoms with E-state index in [0.717, 1.165) is 16.8 Å². The Balaban J connectivity index is 2.15. The number of para-hydroxylation sites is 1. The molecule has 1 N–H and O–H groups in total. The summed E-state index contributed by atoms with van der Waals surface area (Å²) in [7, 11) is 4.84. The first-order valence-electron chi connectivity index (χ1n) is 7.75.